The van der Waals surface area contributed by atoms with Crippen LogP contribution in [-0.4, -0.2) is 11.1 Å². The van der Waals surface area contributed by atoms with Gasteiger partial charge in [-0.25, -0.2) is 0 Å². The number of pyridine rings is 1. The Morgan fingerprint density at radius 3 is 2.88 bits per heavy atom. The van der Waals surface area contributed by atoms with Crippen molar-refractivity contribution in [2.24, 2.45) is 5.73 Å². The van der Waals surface area contributed by atoms with Crippen LogP contribution in [0, 0.1) is 0 Å². The molecule has 1 aromatic heterocycles. The molecule has 0 saturated heterocycles. The number of hydrogen-bond donors (Lipinski definition) is 1. The molecule has 2 N–H and O–H groups in total. The molecule has 2 rings (SSSR count). The van der Waals surface area contributed by atoms with Gasteiger partial charge >= 0.3 is 0 Å². The van der Waals surface area contributed by atoms with Crippen LogP contribution in [0.1, 0.15) is 13.0 Å². The number of nitrogens with two attached hydrogens (primary N) is 1. The van der Waals surface area contributed by atoms with E-state index in [-0.39, 0.29) is 11.6 Å². The maximum atomic E-state index is 12.1. The summed E-state index contributed by atoms with van der Waals surface area (Å²) < 4.78 is 2.65. The lowest BCUT2D eigenvalue weighted by Crippen LogP contribution is -2.27. The number of halogens is 1. The summed E-state index contributed by atoms with van der Waals surface area (Å²) in [4.78, 5) is 12.1. The van der Waals surface area contributed by atoms with Crippen LogP contribution in [0.3, 0.4) is 0 Å². The molecule has 1 unspecified atom stereocenters. The Hall–Kier alpha value is -1.13. The van der Waals surface area contributed by atoms with Crippen LogP contribution in [0.5, 0.6) is 0 Å². The van der Waals surface area contributed by atoms with E-state index in [1.54, 1.807) is 10.8 Å². The third kappa shape index (κ3) is 1.90. The molecule has 84 valence electrons. The van der Waals surface area contributed by atoms with Crippen LogP contribution >= 0.6 is 15.9 Å². The van der Waals surface area contributed by atoms with Crippen LogP contribution in [-0.2, 0) is 0 Å². The fourth-order valence-corrected chi connectivity index (χ4v) is 2.07. The molecule has 1 atom stereocenters. The summed E-state index contributed by atoms with van der Waals surface area (Å²) in [5, 5.41) is 1.67. The molecule has 16 heavy (non-hydrogen) atoms. The number of fused-ring (bicyclic) bond motifs is 1. The van der Waals surface area contributed by atoms with Crippen LogP contribution < -0.4 is 11.3 Å². The van der Waals surface area contributed by atoms with Gasteiger partial charge in [-0.3, -0.25) is 4.79 Å². The van der Waals surface area contributed by atoms with Gasteiger partial charge in [-0.1, -0.05) is 15.9 Å². The summed E-state index contributed by atoms with van der Waals surface area (Å²) in [6.45, 7) is 2.40. The Balaban J connectivity index is 2.71. The average Bonchev–Trinajstić information content (AvgIpc) is 2.28. The summed E-state index contributed by atoms with van der Waals surface area (Å²) in [7, 11) is 0. The Bertz CT molecular complexity index is 577. The smallest absolute Gasteiger partial charge is 0.258 e. The van der Waals surface area contributed by atoms with Crippen LogP contribution in [0.25, 0.3) is 10.8 Å². The van der Waals surface area contributed by atoms with Gasteiger partial charge in [0.1, 0.15) is 0 Å². The minimum atomic E-state index is 0.0166. The monoisotopic (exact) mass is 280 g/mol. The lowest BCUT2D eigenvalue weighted by molar-refractivity contribution is 0.543. The van der Waals surface area contributed by atoms with Gasteiger partial charge < -0.3 is 10.3 Å². The second kappa shape index (κ2) is 4.39. The number of rotatable bonds is 2. The summed E-state index contributed by atoms with van der Waals surface area (Å²) in [6.07, 6.45) is 1.80. The normalized spacial score (nSPS) is 12.9. The molecule has 0 bridgehead atoms. The van der Waals surface area contributed by atoms with E-state index >= 15 is 0 Å². The first-order valence-corrected chi connectivity index (χ1v) is 5.93. The zero-order chi connectivity index (χ0) is 11.7. The molecular formula is C12H13BrN2O. The Morgan fingerprint density at radius 1 is 1.44 bits per heavy atom. The van der Waals surface area contributed by atoms with E-state index in [1.807, 2.05) is 31.2 Å². The van der Waals surface area contributed by atoms with Crippen molar-refractivity contribution >= 4 is 26.7 Å². The van der Waals surface area contributed by atoms with E-state index in [0.717, 1.165) is 15.2 Å². The van der Waals surface area contributed by atoms with Gasteiger partial charge in [-0.05, 0) is 36.6 Å². The quantitative estimate of drug-likeness (QED) is 0.918. The molecule has 0 aliphatic rings. The maximum absolute atomic E-state index is 12.1. The van der Waals surface area contributed by atoms with Gasteiger partial charge in [0.05, 0.1) is 0 Å². The van der Waals surface area contributed by atoms with Crippen molar-refractivity contribution < 1.29 is 0 Å². The van der Waals surface area contributed by atoms with Crippen LogP contribution in [0.2, 0.25) is 0 Å². The molecule has 0 spiro atoms. The Kier molecular flexibility index (Phi) is 3.12. The number of aromatic nitrogens is 1. The molecule has 0 radical (unpaired) electrons. The Morgan fingerprint density at radius 2 is 2.19 bits per heavy atom. The fourth-order valence-electron chi connectivity index (χ4n) is 1.69. The summed E-state index contributed by atoms with van der Waals surface area (Å²) in [6, 6.07) is 7.62. The van der Waals surface area contributed by atoms with Crippen LogP contribution in [0.4, 0.5) is 0 Å². The summed E-state index contributed by atoms with van der Waals surface area (Å²) in [5.41, 5.74) is 5.59. The maximum Gasteiger partial charge on any atom is 0.258 e. The number of hydrogen-bond acceptors (Lipinski definition) is 2. The highest BCUT2D eigenvalue weighted by molar-refractivity contribution is 9.10. The summed E-state index contributed by atoms with van der Waals surface area (Å²) in [5.74, 6) is 0. The highest BCUT2D eigenvalue weighted by Gasteiger charge is 2.07. The van der Waals surface area contributed by atoms with Gasteiger partial charge in [-0.15, -0.1) is 0 Å². The van der Waals surface area contributed by atoms with Crippen molar-refractivity contribution in [2.45, 2.75) is 13.0 Å². The third-order valence-corrected chi connectivity index (χ3v) is 3.20. The third-order valence-electron chi connectivity index (χ3n) is 2.71. The lowest BCUT2D eigenvalue weighted by Gasteiger charge is -2.13. The van der Waals surface area contributed by atoms with Gasteiger partial charge in [0.25, 0.3) is 5.56 Å². The molecule has 0 aliphatic carbocycles. The molecule has 3 nitrogen and oxygen atoms in total. The van der Waals surface area contributed by atoms with E-state index in [0.29, 0.717) is 6.54 Å². The van der Waals surface area contributed by atoms with E-state index in [2.05, 4.69) is 15.9 Å². The standard InChI is InChI=1S/C12H13BrN2O/c1-8(7-14)15-5-4-9-6-10(13)2-3-11(9)12(15)16/h2-6,8H,7,14H2,1H3. The van der Waals surface area contributed by atoms with Crippen molar-refractivity contribution in [3.05, 3.63) is 45.3 Å². The Labute approximate surface area is 102 Å². The van der Waals surface area contributed by atoms with Gasteiger partial charge in [0.2, 0.25) is 0 Å². The molecule has 1 heterocycles. The van der Waals surface area contributed by atoms with E-state index in [4.69, 9.17) is 5.73 Å². The molecule has 0 aliphatic heterocycles. The van der Waals surface area contributed by atoms with E-state index < -0.39 is 0 Å². The van der Waals surface area contributed by atoms with Crippen molar-refractivity contribution in [3.8, 4) is 0 Å². The largest absolute Gasteiger partial charge is 0.328 e. The molecule has 0 fully saturated rings. The minimum absolute atomic E-state index is 0.0166. The predicted molar refractivity (Wildman–Crippen MR) is 69.7 cm³/mol. The first-order chi connectivity index (χ1) is 7.63. The topological polar surface area (TPSA) is 48.0 Å². The van der Waals surface area contributed by atoms with Crippen molar-refractivity contribution in [3.63, 3.8) is 0 Å². The second-order valence-corrected chi connectivity index (χ2v) is 4.76. The molecule has 4 heteroatoms. The molecular weight excluding hydrogens is 268 g/mol. The van der Waals surface area contributed by atoms with E-state index in [9.17, 15) is 4.79 Å². The van der Waals surface area contributed by atoms with Gasteiger partial charge in [-0.2, -0.15) is 0 Å². The van der Waals surface area contributed by atoms with Crippen molar-refractivity contribution in [1.29, 1.82) is 0 Å². The zero-order valence-electron chi connectivity index (χ0n) is 8.98. The van der Waals surface area contributed by atoms with Gasteiger partial charge in [0, 0.05) is 28.6 Å². The molecule has 0 amide bonds. The highest BCUT2D eigenvalue weighted by Crippen LogP contribution is 2.17. The second-order valence-electron chi connectivity index (χ2n) is 3.84. The molecule has 2 aromatic rings. The first kappa shape index (κ1) is 11.4. The highest BCUT2D eigenvalue weighted by atomic mass is 79.9. The van der Waals surface area contributed by atoms with Crippen molar-refractivity contribution in [1.82, 2.24) is 4.57 Å². The van der Waals surface area contributed by atoms with E-state index in [1.165, 1.54) is 0 Å². The lowest BCUT2D eigenvalue weighted by atomic mass is 10.1. The summed E-state index contributed by atoms with van der Waals surface area (Å²) >= 11 is 3.39. The number of nitrogens with zero attached hydrogens (tertiary/aromatic N) is 1. The first-order valence-electron chi connectivity index (χ1n) is 5.14. The zero-order valence-corrected chi connectivity index (χ0v) is 10.6. The molecule has 1 aromatic carbocycles. The number of benzene rings is 1. The predicted octanol–water partition coefficient (Wildman–Crippen LogP) is 2.28. The minimum Gasteiger partial charge on any atom is -0.328 e. The van der Waals surface area contributed by atoms with Crippen molar-refractivity contribution in [2.75, 3.05) is 6.54 Å². The van der Waals surface area contributed by atoms with Gasteiger partial charge in [0.15, 0.2) is 0 Å². The van der Waals surface area contributed by atoms with Crippen LogP contribution in [0.15, 0.2) is 39.7 Å². The fraction of sp³-hybridized carbons (Fsp3) is 0.250. The SMILES string of the molecule is CC(CN)n1ccc2cc(Br)ccc2c1=O. The average molecular weight is 281 g/mol. The molecule has 0 saturated carbocycles.